The van der Waals surface area contributed by atoms with E-state index in [0.717, 1.165) is 30.8 Å². The number of fused-ring (bicyclic) bond motifs is 5. The lowest BCUT2D eigenvalue weighted by Crippen LogP contribution is -2.44. The molecule has 2 N–H and O–H groups in total. The first-order valence-corrected chi connectivity index (χ1v) is 9.08. The van der Waals surface area contributed by atoms with Crippen molar-refractivity contribution in [3.05, 3.63) is 12.2 Å². The number of aliphatic imine (C=N–C) groups is 1. The van der Waals surface area contributed by atoms with E-state index >= 15 is 0 Å². The number of nitrogens with one attached hydrogen (secondary N) is 2. The quantitative estimate of drug-likeness (QED) is 0.335. The molecule has 2 bridgehead atoms. The fourth-order valence-electron chi connectivity index (χ4n) is 4.60. The van der Waals surface area contributed by atoms with Gasteiger partial charge in [0.15, 0.2) is 5.96 Å². The first-order valence-electron chi connectivity index (χ1n) is 9.08. The van der Waals surface area contributed by atoms with E-state index in [2.05, 4.69) is 34.7 Å². The molecule has 6 unspecified atom stereocenters. The van der Waals surface area contributed by atoms with Gasteiger partial charge in [0.1, 0.15) is 0 Å². The summed E-state index contributed by atoms with van der Waals surface area (Å²) in [6.45, 7) is 4.15. The van der Waals surface area contributed by atoms with Crippen LogP contribution in [0, 0.1) is 35.5 Å². The van der Waals surface area contributed by atoms with Crippen LogP contribution in [0.15, 0.2) is 17.1 Å². The molecule has 130 valence electrons. The maximum atomic E-state index is 12.6. The Morgan fingerprint density at radius 1 is 1.17 bits per heavy atom. The standard InChI is InChI=1S/C18H26N4O2/c1-10-7-13(10)9-21-18(19-2)20-5-6-22-16(23)14-11-3-4-12(8-11)15(14)17(22)24/h3-4,10-15H,5-9H2,1-2H3,(H2,19,20,21). The van der Waals surface area contributed by atoms with Crippen LogP contribution in [0.3, 0.4) is 0 Å². The summed E-state index contributed by atoms with van der Waals surface area (Å²) in [5.74, 6) is 2.72. The number of imide groups is 1. The lowest BCUT2D eigenvalue weighted by Gasteiger charge is -2.18. The highest BCUT2D eigenvalue weighted by molar-refractivity contribution is 6.06. The van der Waals surface area contributed by atoms with Crippen molar-refractivity contribution >= 4 is 17.8 Å². The summed E-state index contributed by atoms with van der Waals surface area (Å²) in [7, 11) is 1.74. The van der Waals surface area contributed by atoms with Gasteiger partial charge in [-0.3, -0.25) is 19.5 Å². The zero-order valence-electron chi connectivity index (χ0n) is 14.4. The summed E-state index contributed by atoms with van der Waals surface area (Å²) in [5, 5.41) is 6.53. The SMILES string of the molecule is CN=C(NCCN1C(=O)C2C3C=CC(C3)C2C1=O)NCC1CC1C. The van der Waals surface area contributed by atoms with Gasteiger partial charge >= 0.3 is 0 Å². The van der Waals surface area contributed by atoms with Gasteiger partial charge in [0.2, 0.25) is 11.8 Å². The van der Waals surface area contributed by atoms with E-state index in [1.54, 1.807) is 7.05 Å². The van der Waals surface area contributed by atoms with Crippen molar-refractivity contribution in [2.24, 2.45) is 40.5 Å². The van der Waals surface area contributed by atoms with Gasteiger partial charge in [-0.05, 0) is 36.5 Å². The Hall–Kier alpha value is -1.85. The third-order valence-corrected chi connectivity index (χ3v) is 6.22. The molecule has 3 fully saturated rings. The van der Waals surface area contributed by atoms with Crippen LogP contribution in [0.5, 0.6) is 0 Å². The summed E-state index contributed by atoms with van der Waals surface area (Å²) in [5.41, 5.74) is 0. The van der Waals surface area contributed by atoms with E-state index in [4.69, 9.17) is 0 Å². The van der Waals surface area contributed by atoms with E-state index in [1.165, 1.54) is 11.3 Å². The topological polar surface area (TPSA) is 73.8 Å². The van der Waals surface area contributed by atoms with Crippen molar-refractivity contribution in [2.75, 3.05) is 26.7 Å². The van der Waals surface area contributed by atoms with Crippen LogP contribution >= 0.6 is 0 Å². The van der Waals surface area contributed by atoms with Crippen LogP contribution in [0.2, 0.25) is 0 Å². The van der Waals surface area contributed by atoms with E-state index in [1.807, 2.05) is 0 Å². The van der Waals surface area contributed by atoms with Gasteiger partial charge in [-0.15, -0.1) is 0 Å². The van der Waals surface area contributed by atoms with Gasteiger partial charge in [-0.1, -0.05) is 19.1 Å². The number of carbonyl (C=O) groups excluding carboxylic acids is 2. The van der Waals surface area contributed by atoms with Crippen molar-refractivity contribution in [2.45, 2.75) is 19.8 Å². The smallest absolute Gasteiger partial charge is 0.233 e. The highest BCUT2D eigenvalue weighted by atomic mass is 16.2. The second-order valence-corrected chi connectivity index (χ2v) is 7.68. The molecule has 6 heteroatoms. The minimum absolute atomic E-state index is 0.0263. The van der Waals surface area contributed by atoms with Crippen LogP contribution in [0.25, 0.3) is 0 Å². The molecule has 6 atom stereocenters. The number of likely N-dealkylation sites (tertiary alicyclic amines) is 1. The third-order valence-electron chi connectivity index (χ3n) is 6.22. The van der Waals surface area contributed by atoms with Crippen molar-refractivity contribution in [1.29, 1.82) is 0 Å². The third kappa shape index (κ3) is 2.52. The van der Waals surface area contributed by atoms with Crippen LogP contribution in [0.4, 0.5) is 0 Å². The summed E-state index contributed by atoms with van der Waals surface area (Å²) >= 11 is 0. The fraction of sp³-hybridized carbons (Fsp3) is 0.722. The lowest BCUT2D eigenvalue weighted by atomic mass is 9.85. The zero-order valence-corrected chi connectivity index (χ0v) is 14.4. The molecule has 0 aromatic carbocycles. The second-order valence-electron chi connectivity index (χ2n) is 7.68. The highest BCUT2D eigenvalue weighted by Gasteiger charge is 2.58. The largest absolute Gasteiger partial charge is 0.356 e. The number of amides is 2. The molecule has 6 nitrogen and oxygen atoms in total. The van der Waals surface area contributed by atoms with Gasteiger partial charge in [-0.2, -0.15) is 0 Å². The normalized spacial score (nSPS) is 39.6. The molecule has 24 heavy (non-hydrogen) atoms. The number of nitrogens with zero attached hydrogens (tertiary/aromatic N) is 2. The number of guanidine groups is 1. The molecule has 1 aliphatic heterocycles. The molecule has 2 saturated carbocycles. The van der Waals surface area contributed by atoms with Gasteiger partial charge < -0.3 is 10.6 Å². The van der Waals surface area contributed by atoms with Gasteiger partial charge in [-0.25, -0.2) is 0 Å². The van der Waals surface area contributed by atoms with E-state index in [0.29, 0.717) is 13.1 Å². The first kappa shape index (κ1) is 15.7. The molecule has 2 amide bonds. The Kier molecular flexibility index (Phi) is 3.85. The monoisotopic (exact) mass is 330 g/mol. The van der Waals surface area contributed by atoms with Crippen molar-refractivity contribution < 1.29 is 9.59 Å². The molecule has 0 aromatic rings. The van der Waals surface area contributed by atoms with Gasteiger partial charge in [0.25, 0.3) is 0 Å². The van der Waals surface area contributed by atoms with Crippen LogP contribution < -0.4 is 10.6 Å². The zero-order chi connectivity index (χ0) is 16.8. The predicted molar refractivity (Wildman–Crippen MR) is 91.1 cm³/mol. The number of hydrogen-bond donors (Lipinski definition) is 2. The molecule has 4 rings (SSSR count). The molecular formula is C18H26N4O2. The van der Waals surface area contributed by atoms with Crippen molar-refractivity contribution in [1.82, 2.24) is 15.5 Å². The van der Waals surface area contributed by atoms with Crippen LogP contribution in [0.1, 0.15) is 19.8 Å². The maximum absolute atomic E-state index is 12.6. The summed E-state index contributed by atoms with van der Waals surface area (Å²) < 4.78 is 0. The average molecular weight is 330 g/mol. The summed E-state index contributed by atoms with van der Waals surface area (Å²) in [6, 6.07) is 0. The molecule has 4 aliphatic rings. The predicted octanol–water partition coefficient (Wildman–Crippen LogP) is 0.615. The second kappa shape index (κ2) is 5.90. The van der Waals surface area contributed by atoms with Crippen LogP contribution in [-0.2, 0) is 9.59 Å². The summed E-state index contributed by atoms with van der Waals surface area (Å²) in [4.78, 5) is 30.8. The highest BCUT2D eigenvalue weighted by Crippen LogP contribution is 2.52. The minimum Gasteiger partial charge on any atom is -0.356 e. The van der Waals surface area contributed by atoms with Crippen LogP contribution in [-0.4, -0.2) is 49.4 Å². The fourth-order valence-corrected chi connectivity index (χ4v) is 4.60. The minimum atomic E-state index is -0.0960. The first-order chi connectivity index (χ1) is 11.6. The molecule has 0 spiro atoms. The number of carbonyl (C=O) groups is 2. The number of hydrogen-bond acceptors (Lipinski definition) is 3. The summed E-state index contributed by atoms with van der Waals surface area (Å²) in [6.07, 6.45) is 6.52. The van der Waals surface area contributed by atoms with Gasteiger partial charge in [0.05, 0.1) is 11.8 Å². The number of allylic oxidation sites excluding steroid dienone is 2. The lowest BCUT2D eigenvalue weighted by molar-refractivity contribution is -0.140. The Bertz CT molecular complexity index is 584. The van der Waals surface area contributed by atoms with Crippen molar-refractivity contribution in [3.8, 4) is 0 Å². The van der Waals surface area contributed by atoms with E-state index in [-0.39, 0.29) is 35.5 Å². The Balaban J connectivity index is 1.27. The Morgan fingerprint density at radius 2 is 1.79 bits per heavy atom. The molecule has 3 aliphatic carbocycles. The molecule has 0 radical (unpaired) electrons. The number of rotatable bonds is 5. The van der Waals surface area contributed by atoms with E-state index < -0.39 is 0 Å². The van der Waals surface area contributed by atoms with E-state index in [9.17, 15) is 9.59 Å². The van der Waals surface area contributed by atoms with Crippen molar-refractivity contribution in [3.63, 3.8) is 0 Å². The van der Waals surface area contributed by atoms with Gasteiger partial charge in [0, 0.05) is 26.7 Å². The Morgan fingerprint density at radius 3 is 2.33 bits per heavy atom. The maximum Gasteiger partial charge on any atom is 0.233 e. The molecule has 0 aromatic heterocycles. The Labute approximate surface area is 142 Å². The molecule has 1 heterocycles. The molecular weight excluding hydrogens is 304 g/mol. The average Bonchev–Trinajstić information content (AvgIpc) is 2.93. The molecule has 1 saturated heterocycles.